The van der Waals surface area contributed by atoms with Crippen LogP contribution in [0.25, 0.3) is 0 Å². The Bertz CT molecular complexity index is 565. The van der Waals surface area contributed by atoms with Gasteiger partial charge in [0, 0.05) is 18.0 Å². The highest BCUT2D eigenvalue weighted by Crippen LogP contribution is 2.15. The number of carbonyl (C=O) groups excluding carboxylic acids is 1. The van der Waals surface area contributed by atoms with Crippen molar-refractivity contribution < 1.29 is 9.53 Å². The van der Waals surface area contributed by atoms with E-state index in [2.05, 4.69) is 23.7 Å². The molecule has 0 saturated heterocycles. The Morgan fingerprint density at radius 3 is 2.71 bits per heavy atom. The van der Waals surface area contributed by atoms with Gasteiger partial charge in [-0.25, -0.2) is 0 Å². The number of nitrogens with one attached hydrogen (secondary N) is 1. The lowest BCUT2D eigenvalue weighted by molar-refractivity contribution is -0.149. The number of ether oxygens (including phenoxy) is 1. The Balaban J connectivity index is 1.69. The van der Waals surface area contributed by atoms with Crippen molar-refractivity contribution in [2.75, 3.05) is 6.54 Å². The molecule has 0 spiro atoms. The van der Waals surface area contributed by atoms with Crippen molar-refractivity contribution >= 4 is 17.3 Å². The summed E-state index contributed by atoms with van der Waals surface area (Å²) in [5, 5.41) is 5.40. The van der Waals surface area contributed by atoms with Crippen molar-refractivity contribution in [3.63, 3.8) is 0 Å². The number of thiophene rings is 1. The summed E-state index contributed by atoms with van der Waals surface area (Å²) in [4.78, 5) is 13.2. The van der Waals surface area contributed by atoms with Crippen LogP contribution in [0.2, 0.25) is 0 Å². The van der Waals surface area contributed by atoms with Gasteiger partial charge in [0.2, 0.25) is 0 Å². The number of hydrogen-bond donors (Lipinski definition) is 1. The number of hydrogen-bond acceptors (Lipinski definition) is 4. The van der Waals surface area contributed by atoms with Crippen molar-refractivity contribution in [2.45, 2.75) is 27.0 Å². The predicted octanol–water partition coefficient (Wildman–Crippen LogP) is 3.53. The van der Waals surface area contributed by atoms with Gasteiger partial charge < -0.3 is 10.1 Å². The molecule has 112 valence electrons. The topological polar surface area (TPSA) is 38.3 Å². The van der Waals surface area contributed by atoms with Gasteiger partial charge in [-0.3, -0.25) is 4.79 Å². The summed E-state index contributed by atoms with van der Waals surface area (Å²) in [6.45, 7) is 5.77. The highest BCUT2D eigenvalue weighted by molar-refractivity contribution is 7.10. The first-order valence-electron chi connectivity index (χ1n) is 7.11. The van der Waals surface area contributed by atoms with E-state index in [0.717, 1.165) is 12.1 Å². The third-order valence-corrected chi connectivity index (χ3v) is 4.35. The highest BCUT2D eigenvalue weighted by Gasteiger charge is 2.14. The second-order valence-electron chi connectivity index (χ2n) is 5.15. The summed E-state index contributed by atoms with van der Waals surface area (Å²) < 4.78 is 5.33. The predicted molar refractivity (Wildman–Crippen MR) is 86.2 cm³/mol. The summed E-state index contributed by atoms with van der Waals surface area (Å²) in [5.74, 6) is -0.303. The zero-order valence-electron chi connectivity index (χ0n) is 12.5. The maximum atomic E-state index is 11.9. The van der Waals surface area contributed by atoms with Gasteiger partial charge in [0.1, 0.15) is 6.61 Å². The molecule has 0 aliphatic rings. The van der Waals surface area contributed by atoms with Crippen molar-refractivity contribution in [1.82, 2.24) is 5.32 Å². The lowest BCUT2D eigenvalue weighted by atomic mass is 10.2. The van der Waals surface area contributed by atoms with Crippen molar-refractivity contribution in [3.8, 4) is 0 Å². The van der Waals surface area contributed by atoms with Gasteiger partial charge in [-0.2, -0.15) is 0 Å². The van der Waals surface area contributed by atoms with Gasteiger partial charge >= 0.3 is 5.97 Å². The molecule has 0 aliphatic heterocycles. The lowest BCUT2D eigenvalue weighted by Crippen LogP contribution is -2.27. The van der Waals surface area contributed by atoms with Gasteiger partial charge in [-0.1, -0.05) is 37.3 Å². The van der Waals surface area contributed by atoms with E-state index in [1.165, 1.54) is 10.4 Å². The number of benzene rings is 1. The van der Waals surface area contributed by atoms with Crippen LogP contribution >= 0.6 is 11.3 Å². The molecule has 2 aromatic rings. The molecule has 0 fully saturated rings. The summed E-state index contributed by atoms with van der Waals surface area (Å²) in [5.41, 5.74) is 2.31. The molecule has 3 nitrogen and oxygen atoms in total. The zero-order valence-corrected chi connectivity index (χ0v) is 13.3. The Labute approximate surface area is 130 Å². The normalized spacial score (nSPS) is 12.1. The van der Waals surface area contributed by atoms with Crippen LogP contribution < -0.4 is 5.32 Å². The monoisotopic (exact) mass is 303 g/mol. The Hall–Kier alpha value is -1.65. The quantitative estimate of drug-likeness (QED) is 0.795. The molecule has 1 heterocycles. The molecule has 0 bridgehead atoms. The first-order valence-corrected chi connectivity index (χ1v) is 7.99. The fourth-order valence-electron chi connectivity index (χ4n) is 1.94. The Morgan fingerprint density at radius 2 is 2.05 bits per heavy atom. The highest BCUT2D eigenvalue weighted by atomic mass is 32.1. The van der Waals surface area contributed by atoms with Crippen LogP contribution in [0.3, 0.4) is 0 Å². The van der Waals surface area contributed by atoms with E-state index in [4.69, 9.17) is 4.74 Å². The van der Waals surface area contributed by atoms with Gasteiger partial charge in [0.15, 0.2) is 0 Å². The molecule has 0 radical (unpaired) electrons. The molecular weight excluding hydrogens is 282 g/mol. The molecule has 21 heavy (non-hydrogen) atoms. The Kier molecular flexibility index (Phi) is 5.96. The summed E-state index contributed by atoms with van der Waals surface area (Å²) in [6, 6.07) is 11.9. The fourth-order valence-corrected chi connectivity index (χ4v) is 2.82. The van der Waals surface area contributed by atoms with E-state index in [-0.39, 0.29) is 11.9 Å². The molecule has 1 aromatic carbocycles. The number of rotatable bonds is 7. The van der Waals surface area contributed by atoms with Gasteiger partial charge in [-0.15, -0.1) is 11.3 Å². The third-order valence-electron chi connectivity index (χ3n) is 3.33. The maximum Gasteiger partial charge on any atom is 0.310 e. The Morgan fingerprint density at radius 1 is 1.29 bits per heavy atom. The van der Waals surface area contributed by atoms with Crippen LogP contribution in [0.1, 0.15) is 22.9 Å². The second kappa shape index (κ2) is 7.96. The molecule has 0 amide bonds. The zero-order chi connectivity index (χ0) is 15.1. The van der Waals surface area contributed by atoms with E-state index >= 15 is 0 Å². The van der Waals surface area contributed by atoms with Crippen LogP contribution in [0.5, 0.6) is 0 Å². The van der Waals surface area contributed by atoms with E-state index in [9.17, 15) is 4.79 Å². The smallest absolute Gasteiger partial charge is 0.310 e. The fraction of sp³-hybridized carbons (Fsp3) is 0.353. The largest absolute Gasteiger partial charge is 0.461 e. The lowest BCUT2D eigenvalue weighted by Gasteiger charge is -2.12. The average Bonchev–Trinajstić information content (AvgIpc) is 2.91. The molecule has 1 unspecified atom stereocenters. The summed E-state index contributed by atoms with van der Waals surface area (Å²) >= 11 is 1.74. The standard InChI is InChI=1S/C17H21NO2S/c1-13-8-9-21-16(13)11-18-10-14(2)17(19)20-12-15-6-4-3-5-7-15/h3-9,14,18H,10-12H2,1-2H3. The number of esters is 1. The first kappa shape index (κ1) is 15.7. The molecule has 1 atom stereocenters. The van der Waals surface area contributed by atoms with Crippen LogP contribution in [-0.4, -0.2) is 12.5 Å². The molecule has 2 rings (SSSR count). The van der Waals surface area contributed by atoms with Crippen molar-refractivity contribution in [2.24, 2.45) is 5.92 Å². The van der Waals surface area contributed by atoms with E-state index in [0.29, 0.717) is 13.2 Å². The van der Waals surface area contributed by atoms with Gasteiger partial charge in [0.25, 0.3) is 0 Å². The molecule has 4 heteroatoms. The molecule has 0 aliphatic carbocycles. The minimum atomic E-state index is -0.158. The number of aryl methyl sites for hydroxylation is 1. The van der Waals surface area contributed by atoms with E-state index < -0.39 is 0 Å². The van der Waals surface area contributed by atoms with E-state index in [1.54, 1.807) is 11.3 Å². The van der Waals surface area contributed by atoms with Crippen molar-refractivity contribution in [1.29, 1.82) is 0 Å². The molecule has 1 N–H and O–H groups in total. The van der Waals surface area contributed by atoms with Gasteiger partial charge in [0.05, 0.1) is 5.92 Å². The average molecular weight is 303 g/mol. The van der Waals surface area contributed by atoms with E-state index in [1.807, 2.05) is 37.3 Å². The van der Waals surface area contributed by atoms with Crippen LogP contribution in [0.15, 0.2) is 41.8 Å². The molecular formula is C17H21NO2S. The van der Waals surface area contributed by atoms with Crippen LogP contribution in [0, 0.1) is 12.8 Å². The van der Waals surface area contributed by atoms with Crippen LogP contribution in [-0.2, 0) is 22.7 Å². The SMILES string of the molecule is Cc1ccsc1CNCC(C)C(=O)OCc1ccccc1. The second-order valence-corrected chi connectivity index (χ2v) is 6.15. The van der Waals surface area contributed by atoms with Gasteiger partial charge in [-0.05, 0) is 29.5 Å². The van der Waals surface area contributed by atoms with Crippen molar-refractivity contribution in [3.05, 3.63) is 57.8 Å². The molecule has 1 aromatic heterocycles. The third kappa shape index (κ3) is 4.99. The number of carbonyl (C=O) groups is 1. The first-order chi connectivity index (χ1) is 10.2. The summed E-state index contributed by atoms with van der Waals surface area (Å²) in [7, 11) is 0. The molecule has 0 saturated carbocycles. The summed E-state index contributed by atoms with van der Waals surface area (Å²) in [6.07, 6.45) is 0. The minimum Gasteiger partial charge on any atom is -0.461 e. The minimum absolute atomic E-state index is 0.144. The maximum absolute atomic E-state index is 11.9. The van der Waals surface area contributed by atoms with Crippen LogP contribution in [0.4, 0.5) is 0 Å².